The van der Waals surface area contributed by atoms with Crippen LogP contribution >= 0.6 is 0 Å². The second-order valence-corrected chi connectivity index (χ2v) is 5.03. The van der Waals surface area contributed by atoms with Crippen molar-refractivity contribution >= 4 is 12.1 Å². The van der Waals surface area contributed by atoms with Gasteiger partial charge in [0.05, 0.1) is 0 Å². The number of nitrogens with one attached hydrogen (secondary N) is 2. The Hall–Kier alpha value is -1.30. The topological polar surface area (TPSA) is 87.7 Å². The van der Waals surface area contributed by atoms with Gasteiger partial charge >= 0.3 is 12.1 Å². The molecule has 0 aromatic heterocycles. The fraction of sp³-hybridized carbons (Fsp3) is 0.833. The number of hydrogen-bond acceptors (Lipinski definition) is 4. The van der Waals surface area contributed by atoms with Gasteiger partial charge in [-0.05, 0) is 40.2 Å². The molecular weight excluding hydrogens is 236 g/mol. The Balaban J connectivity index is 3.30. The Morgan fingerprint density at radius 1 is 1.11 bits per heavy atom. The fourth-order valence-electron chi connectivity index (χ4n) is 1.22. The van der Waals surface area contributed by atoms with Gasteiger partial charge in [0.25, 0.3) is 0 Å². The summed E-state index contributed by atoms with van der Waals surface area (Å²) in [4.78, 5) is 21.5. The van der Waals surface area contributed by atoms with Gasteiger partial charge < -0.3 is 20.5 Å². The summed E-state index contributed by atoms with van der Waals surface area (Å²) < 4.78 is 5.07. The molecule has 0 saturated carbocycles. The molecule has 0 aliphatic rings. The Bertz CT molecular complexity index is 261. The third kappa shape index (κ3) is 12.8. The minimum Gasteiger partial charge on any atom is -0.481 e. The van der Waals surface area contributed by atoms with E-state index in [1.165, 1.54) is 0 Å². The first-order chi connectivity index (χ1) is 8.31. The SMILES string of the molecule is CC(C)(C)OC(=O)NCCNCCCCC(=O)O. The second-order valence-electron chi connectivity index (χ2n) is 5.03. The molecule has 106 valence electrons. The van der Waals surface area contributed by atoms with Crippen LogP contribution in [-0.2, 0) is 9.53 Å². The Morgan fingerprint density at radius 2 is 1.78 bits per heavy atom. The second kappa shape index (κ2) is 8.74. The minimum absolute atomic E-state index is 0.206. The van der Waals surface area contributed by atoms with Crippen LogP contribution in [0.2, 0.25) is 0 Å². The van der Waals surface area contributed by atoms with Gasteiger partial charge in [0.2, 0.25) is 0 Å². The standard InChI is InChI=1S/C12H24N2O4/c1-12(2,3)18-11(17)14-9-8-13-7-5-4-6-10(15)16/h13H,4-9H2,1-3H3,(H,14,17)(H,15,16). The number of aliphatic carboxylic acids is 1. The number of alkyl carbamates (subject to hydrolysis) is 1. The molecule has 0 aliphatic carbocycles. The van der Waals surface area contributed by atoms with Crippen LogP contribution in [0.4, 0.5) is 4.79 Å². The molecule has 0 saturated heterocycles. The van der Waals surface area contributed by atoms with Gasteiger partial charge in [-0.2, -0.15) is 0 Å². The summed E-state index contributed by atoms with van der Waals surface area (Å²) in [6.07, 6.45) is 1.27. The van der Waals surface area contributed by atoms with Crippen LogP contribution in [0.25, 0.3) is 0 Å². The van der Waals surface area contributed by atoms with Crippen molar-refractivity contribution in [1.82, 2.24) is 10.6 Å². The third-order valence-corrected chi connectivity index (χ3v) is 1.96. The van der Waals surface area contributed by atoms with E-state index in [2.05, 4.69) is 10.6 Å². The lowest BCUT2D eigenvalue weighted by Crippen LogP contribution is -2.36. The number of carbonyl (C=O) groups is 2. The number of ether oxygens (including phenoxy) is 1. The average Bonchev–Trinajstić information content (AvgIpc) is 2.18. The predicted molar refractivity (Wildman–Crippen MR) is 68.6 cm³/mol. The molecule has 0 unspecified atom stereocenters. The van der Waals surface area contributed by atoms with Gasteiger partial charge in [-0.1, -0.05) is 0 Å². The van der Waals surface area contributed by atoms with E-state index < -0.39 is 17.7 Å². The quantitative estimate of drug-likeness (QED) is 0.573. The van der Waals surface area contributed by atoms with Gasteiger partial charge in [0.15, 0.2) is 0 Å². The van der Waals surface area contributed by atoms with E-state index in [-0.39, 0.29) is 6.42 Å². The predicted octanol–water partition coefficient (Wildman–Crippen LogP) is 1.36. The highest BCUT2D eigenvalue weighted by atomic mass is 16.6. The first kappa shape index (κ1) is 16.7. The molecule has 0 aliphatic heterocycles. The first-order valence-corrected chi connectivity index (χ1v) is 6.20. The van der Waals surface area contributed by atoms with Crippen molar-refractivity contribution in [2.24, 2.45) is 0 Å². The summed E-state index contributed by atoms with van der Waals surface area (Å²) in [7, 11) is 0. The highest BCUT2D eigenvalue weighted by Crippen LogP contribution is 2.05. The zero-order chi connectivity index (χ0) is 14.0. The minimum atomic E-state index is -0.762. The van der Waals surface area contributed by atoms with Crippen LogP contribution < -0.4 is 10.6 Å². The van der Waals surface area contributed by atoms with E-state index in [0.29, 0.717) is 19.5 Å². The molecule has 0 bridgehead atoms. The Morgan fingerprint density at radius 3 is 2.33 bits per heavy atom. The van der Waals surface area contributed by atoms with Crippen molar-refractivity contribution in [3.05, 3.63) is 0 Å². The zero-order valence-corrected chi connectivity index (χ0v) is 11.4. The summed E-state index contributed by atoms with van der Waals surface area (Å²) >= 11 is 0. The van der Waals surface area contributed by atoms with E-state index in [0.717, 1.165) is 13.0 Å². The van der Waals surface area contributed by atoms with Crippen LogP contribution in [0.5, 0.6) is 0 Å². The van der Waals surface area contributed by atoms with E-state index in [4.69, 9.17) is 9.84 Å². The molecule has 0 atom stereocenters. The highest BCUT2D eigenvalue weighted by Gasteiger charge is 2.15. The lowest BCUT2D eigenvalue weighted by molar-refractivity contribution is -0.137. The lowest BCUT2D eigenvalue weighted by Gasteiger charge is -2.19. The van der Waals surface area contributed by atoms with Crippen LogP contribution in [0.1, 0.15) is 40.0 Å². The first-order valence-electron chi connectivity index (χ1n) is 6.20. The van der Waals surface area contributed by atoms with Crippen molar-refractivity contribution in [1.29, 1.82) is 0 Å². The summed E-state index contributed by atoms with van der Waals surface area (Å²) in [5.74, 6) is -0.762. The molecule has 0 spiro atoms. The number of unbranched alkanes of at least 4 members (excludes halogenated alkanes) is 1. The van der Waals surface area contributed by atoms with Gasteiger partial charge in [0.1, 0.15) is 5.60 Å². The molecule has 0 fully saturated rings. The zero-order valence-electron chi connectivity index (χ0n) is 11.4. The van der Waals surface area contributed by atoms with E-state index in [1.54, 1.807) is 0 Å². The van der Waals surface area contributed by atoms with Gasteiger partial charge in [-0.15, -0.1) is 0 Å². The van der Waals surface area contributed by atoms with Crippen LogP contribution in [0.3, 0.4) is 0 Å². The third-order valence-electron chi connectivity index (χ3n) is 1.96. The number of hydrogen-bond donors (Lipinski definition) is 3. The Labute approximate surface area is 108 Å². The number of carboxylic acid groups (broad SMARTS) is 1. The normalized spacial score (nSPS) is 11.1. The van der Waals surface area contributed by atoms with Crippen molar-refractivity contribution in [2.45, 2.75) is 45.6 Å². The highest BCUT2D eigenvalue weighted by molar-refractivity contribution is 5.67. The number of amides is 1. The van der Waals surface area contributed by atoms with Gasteiger partial charge in [-0.25, -0.2) is 4.79 Å². The maximum absolute atomic E-state index is 11.2. The molecule has 3 N–H and O–H groups in total. The number of carbonyl (C=O) groups excluding carboxylic acids is 1. The molecular formula is C12H24N2O4. The molecule has 0 heterocycles. The molecule has 0 rings (SSSR count). The molecule has 0 radical (unpaired) electrons. The van der Waals surface area contributed by atoms with Crippen molar-refractivity contribution < 1.29 is 19.4 Å². The summed E-state index contributed by atoms with van der Waals surface area (Å²) in [5, 5.41) is 14.2. The monoisotopic (exact) mass is 260 g/mol. The van der Waals surface area contributed by atoms with Crippen LogP contribution in [-0.4, -0.2) is 42.4 Å². The Kier molecular flexibility index (Phi) is 8.11. The lowest BCUT2D eigenvalue weighted by atomic mass is 10.2. The summed E-state index contributed by atoms with van der Waals surface area (Å²) in [6, 6.07) is 0. The molecule has 1 amide bonds. The van der Waals surface area contributed by atoms with Crippen molar-refractivity contribution in [3.63, 3.8) is 0 Å². The average molecular weight is 260 g/mol. The van der Waals surface area contributed by atoms with E-state index in [1.807, 2.05) is 20.8 Å². The molecule has 18 heavy (non-hydrogen) atoms. The van der Waals surface area contributed by atoms with Crippen molar-refractivity contribution in [2.75, 3.05) is 19.6 Å². The number of carboxylic acids is 1. The van der Waals surface area contributed by atoms with Gasteiger partial charge in [0, 0.05) is 19.5 Å². The largest absolute Gasteiger partial charge is 0.481 e. The molecule has 6 heteroatoms. The molecule has 6 nitrogen and oxygen atoms in total. The summed E-state index contributed by atoms with van der Waals surface area (Å²) in [5.41, 5.74) is -0.478. The van der Waals surface area contributed by atoms with E-state index >= 15 is 0 Å². The van der Waals surface area contributed by atoms with E-state index in [9.17, 15) is 9.59 Å². The van der Waals surface area contributed by atoms with Crippen LogP contribution in [0, 0.1) is 0 Å². The van der Waals surface area contributed by atoms with Crippen LogP contribution in [0.15, 0.2) is 0 Å². The van der Waals surface area contributed by atoms with Crippen molar-refractivity contribution in [3.8, 4) is 0 Å². The fourth-order valence-corrected chi connectivity index (χ4v) is 1.22. The van der Waals surface area contributed by atoms with Gasteiger partial charge in [-0.3, -0.25) is 4.79 Å². The smallest absolute Gasteiger partial charge is 0.407 e. The maximum atomic E-state index is 11.2. The molecule has 0 aromatic carbocycles. The maximum Gasteiger partial charge on any atom is 0.407 e. The number of rotatable bonds is 8. The molecule has 0 aromatic rings. The summed E-state index contributed by atoms with van der Waals surface area (Å²) in [6.45, 7) is 7.33.